The Balaban J connectivity index is 1.44. The third-order valence-corrected chi connectivity index (χ3v) is 5.41. The molecule has 1 unspecified atom stereocenters. The molecule has 7 heteroatoms. The molecule has 0 radical (unpaired) electrons. The van der Waals surface area contributed by atoms with E-state index in [1.807, 2.05) is 12.1 Å². The number of carbonyl (C=O) groups is 3. The van der Waals surface area contributed by atoms with Crippen LogP contribution in [0.25, 0.3) is 0 Å². The van der Waals surface area contributed by atoms with E-state index >= 15 is 0 Å². The van der Waals surface area contributed by atoms with Crippen molar-refractivity contribution in [2.45, 2.75) is 38.4 Å². The van der Waals surface area contributed by atoms with Crippen LogP contribution in [0.3, 0.4) is 0 Å². The summed E-state index contributed by atoms with van der Waals surface area (Å²) in [5.41, 5.74) is 4.09. The van der Waals surface area contributed by atoms with Crippen LogP contribution in [0, 0.1) is 0 Å². The molecule has 1 aromatic carbocycles. The summed E-state index contributed by atoms with van der Waals surface area (Å²) in [7, 11) is 2.07. The highest BCUT2D eigenvalue weighted by atomic mass is 16.2. The molecule has 0 aliphatic carbocycles. The highest BCUT2D eigenvalue weighted by molar-refractivity contribution is 6.05. The van der Waals surface area contributed by atoms with E-state index in [4.69, 9.17) is 0 Å². The Labute approximate surface area is 158 Å². The van der Waals surface area contributed by atoms with Crippen LogP contribution in [0.1, 0.15) is 40.7 Å². The topological polar surface area (TPSA) is 81.8 Å². The van der Waals surface area contributed by atoms with E-state index in [1.165, 1.54) is 5.57 Å². The van der Waals surface area contributed by atoms with Crippen LogP contribution < -0.4 is 10.6 Å². The molecular weight excluding hydrogens is 344 g/mol. The average Bonchev–Trinajstić information content (AvgIpc) is 3.24. The number of piperidine rings is 1. The number of hydrogen-bond donors (Lipinski definition) is 2. The van der Waals surface area contributed by atoms with E-state index < -0.39 is 6.04 Å². The van der Waals surface area contributed by atoms with E-state index in [0.29, 0.717) is 18.5 Å². The summed E-state index contributed by atoms with van der Waals surface area (Å²) in [6.45, 7) is 3.10. The van der Waals surface area contributed by atoms with Crippen LogP contribution in [0.2, 0.25) is 0 Å². The normalized spacial score (nSPS) is 22.0. The Bertz CT molecular complexity index is 833. The van der Waals surface area contributed by atoms with Crippen LogP contribution in [-0.4, -0.2) is 53.7 Å². The number of amides is 3. The fourth-order valence-electron chi connectivity index (χ4n) is 4.06. The zero-order valence-electron chi connectivity index (χ0n) is 15.5. The molecule has 0 bridgehead atoms. The first-order valence-corrected chi connectivity index (χ1v) is 9.37. The first-order valence-electron chi connectivity index (χ1n) is 9.37. The van der Waals surface area contributed by atoms with E-state index in [-0.39, 0.29) is 24.1 Å². The predicted molar refractivity (Wildman–Crippen MR) is 99.5 cm³/mol. The maximum absolute atomic E-state index is 12.9. The summed E-state index contributed by atoms with van der Waals surface area (Å²) in [5, 5.41) is 5.57. The van der Waals surface area contributed by atoms with Gasteiger partial charge in [-0.15, -0.1) is 0 Å². The van der Waals surface area contributed by atoms with E-state index in [9.17, 15) is 14.4 Å². The zero-order chi connectivity index (χ0) is 19.0. The second-order valence-electron chi connectivity index (χ2n) is 7.57. The van der Waals surface area contributed by atoms with Gasteiger partial charge in [-0.05, 0) is 48.9 Å². The van der Waals surface area contributed by atoms with Crippen molar-refractivity contribution >= 4 is 17.7 Å². The van der Waals surface area contributed by atoms with Crippen molar-refractivity contribution in [2.24, 2.45) is 0 Å². The van der Waals surface area contributed by atoms with Gasteiger partial charge in [0.05, 0.1) is 0 Å². The first kappa shape index (κ1) is 17.7. The van der Waals surface area contributed by atoms with Crippen LogP contribution >= 0.6 is 0 Å². The second kappa shape index (κ2) is 7.15. The third kappa shape index (κ3) is 3.60. The summed E-state index contributed by atoms with van der Waals surface area (Å²) in [4.78, 5) is 40.2. The predicted octanol–water partition coefficient (Wildman–Crippen LogP) is 0.757. The molecule has 1 aromatic rings. The molecule has 3 aliphatic rings. The van der Waals surface area contributed by atoms with Gasteiger partial charge in [-0.3, -0.25) is 24.6 Å². The number of rotatable bonds is 5. The van der Waals surface area contributed by atoms with Gasteiger partial charge >= 0.3 is 0 Å². The number of carbonyl (C=O) groups excluding carboxylic acids is 3. The molecule has 1 fully saturated rings. The van der Waals surface area contributed by atoms with Gasteiger partial charge in [0, 0.05) is 38.2 Å². The molecule has 4 rings (SSSR count). The van der Waals surface area contributed by atoms with Gasteiger partial charge in [-0.25, -0.2) is 0 Å². The molecule has 3 heterocycles. The smallest absolute Gasteiger partial charge is 0.255 e. The van der Waals surface area contributed by atoms with Gasteiger partial charge < -0.3 is 10.2 Å². The van der Waals surface area contributed by atoms with E-state index in [1.54, 1.807) is 4.90 Å². The Hall–Kier alpha value is -2.67. The lowest BCUT2D eigenvalue weighted by atomic mass is 10.0. The fourth-order valence-corrected chi connectivity index (χ4v) is 4.06. The lowest BCUT2D eigenvalue weighted by molar-refractivity contribution is -0.136. The monoisotopic (exact) mass is 368 g/mol. The second-order valence-corrected chi connectivity index (χ2v) is 7.57. The lowest BCUT2D eigenvalue weighted by Gasteiger charge is -2.29. The Kier molecular flexibility index (Phi) is 4.70. The standard InChI is InChI=1S/C20H24N4O3/c1-23(11-14-6-7-21-9-14)10-13-2-3-15-12-24(20(27)16(15)8-13)17-4-5-18(25)22-19(17)26/h2-3,8-9,17,21H,4-7,10-12H2,1H3,(H,22,25,26). The van der Waals surface area contributed by atoms with Gasteiger partial charge in [0.1, 0.15) is 6.04 Å². The number of hydrogen-bond acceptors (Lipinski definition) is 5. The van der Waals surface area contributed by atoms with Crippen LogP contribution in [-0.2, 0) is 22.7 Å². The van der Waals surface area contributed by atoms with Crippen LogP contribution in [0.5, 0.6) is 0 Å². The van der Waals surface area contributed by atoms with Crippen molar-refractivity contribution in [3.8, 4) is 0 Å². The highest BCUT2D eigenvalue weighted by Crippen LogP contribution is 2.28. The molecule has 3 amide bonds. The first-order chi connectivity index (χ1) is 13.0. The summed E-state index contributed by atoms with van der Waals surface area (Å²) in [5.74, 6) is -0.754. The maximum atomic E-state index is 12.9. The number of benzene rings is 1. The summed E-state index contributed by atoms with van der Waals surface area (Å²) >= 11 is 0. The van der Waals surface area contributed by atoms with Crippen LogP contribution in [0.15, 0.2) is 30.0 Å². The highest BCUT2D eigenvalue weighted by Gasteiger charge is 2.39. The van der Waals surface area contributed by atoms with E-state index in [0.717, 1.165) is 37.2 Å². The minimum Gasteiger partial charge on any atom is -0.391 e. The molecular formula is C20H24N4O3. The van der Waals surface area contributed by atoms with Gasteiger partial charge in [-0.2, -0.15) is 0 Å². The third-order valence-electron chi connectivity index (χ3n) is 5.41. The molecule has 0 saturated carbocycles. The number of fused-ring (bicyclic) bond motifs is 1. The van der Waals surface area contributed by atoms with Gasteiger partial charge in [-0.1, -0.05) is 12.1 Å². The Morgan fingerprint density at radius 1 is 1.19 bits per heavy atom. The van der Waals surface area contributed by atoms with Crippen molar-refractivity contribution in [1.82, 2.24) is 20.4 Å². The minimum absolute atomic E-state index is 0.119. The van der Waals surface area contributed by atoms with Crippen molar-refractivity contribution in [2.75, 3.05) is 20.1 Å². The van der Waals surface area contributed by atoms with Gasteiger partial charge in [0.25, 0.3) is 5.91 Å². The fraction of sp³-hybridized carbons (Fsp3) is 0.450. The maximum Gasteiger partial charge on any atom is 0.255 e. The number of nitrogens with one attached hydrogen (secondary N) is 2. The summed E-state index contributed by atoms with van der Waals surface area (Å²) in [6.07, 6.45) is 3.83. The van der Waals surface area contributed by atoms with Crippen LogP contribution in [0.4, 0.5) is 0 Å². The van der Waals surface area contributed by atoms with Crippen molar-refractivity contribution in [1.29, 1.82) is 0 Å². The quantitative estimate of drug-likeness (QED) is 0.750. The zero-order valence-corrected chi connectivity index (χ0v) is 15.5. The molecule has 1 saturated heterocycles. The summed E-state index contributed by atoms with van der Waals surface area (Å²) in [6, 6.07) is 5.42. The lowest BCUT2D eigenvalue weighted by Crippen LogP contribution is -2.52. The molecule has 0 spiro atoms. The number of imide groups is 1. The minimum atomic E-state index is -0.560. The van der Waals surface area contributed by atoms with Crippen molar-refractivity contribution in [3.05, 3.63) is 46.7 Å². The summed E-state index contributed by atoms with van der Waals surface area (Å²) < 4.78 is 0. The number of nitrogens with zero attached hydrogens (tertiary/aromatic N) is 2. The van der Waals surface area contributed by atoms with Crippen molar-refractivity contribution < 1.29 is 14.4 Å². The Morgan fingerprint density at radius 2 is 2.04 bits per heavy atom. The van der Waals surface area contributed by atoms with Crippen molar-refractivity contribution in [3.63, 3.8) is 0 Å². The molecule has 0 aromatic heterocycles. The Morgan fingerprint density at radius 3 is 2.78 bits per heavy atom. The average molecular weight is 368 g/mol. The molecule has 2 N–H and O–H groups in total. The van der Waals surface area contributed by atoms with E-state index in [2.05, 4.69) is 34.8 Å². The van der Waals surface area contributed by atoms with Gasteiger partial charge in [0.15, 0.2) is 0 Å². The SMILES string of the molecule is CN(CC1=CNCC1)Cc1ccc2c(c1)C(=O)N(C1CCC(=O)NC1=O)C2. The number of likely N-dealkylation sites (N-methyl/N-ethyl adjacent to an activating group) is 1. The van der Waals surface area contributed by atoms with Gasteiger partial charge in [0.2, 0.25) is 11.8 Å². The largest absolute Gasteiger partial charge is 0.391 e. The molecule has 7 nitrogen and oxygen atoms in total. The molecule has 27 heavy (non-hydrogen) atoms. The molecule has 3 aliphatic heterocycles. The molecule has 1 atom stereocenters. The molecule has 142 valence electrons.